The number of hydrogen-bond acceptors (Lipinski definition) is 3. The number of amides is 1. The third-order valence-electron chi connectivity index (χ3n) is 5.13. The van der Waals surface area contributed by atoms with Gasteiger partial charge in [-0.1, -0.05) is 6.07 Å². The lowest BCUT2D eigenvalue weighted by atomic mass is 10.1. The summed E-state index contributed by atoms with van der Waals surface area (Å²) in [5.74, 6) is 0.884. The van der Waals surface area contributed by atoms with E-state index in [4.69, 9.17) is 4.74 Å². The Labute approximate surface area is 148 Å². The lowest BCUT2D eigenvalue weighted by molar-refractivity contribution is -0.377. The van der Waals surface area contributed by atoms with E-state index >= 15 is 0 Å². The summed E-state index contributed by atoms with van der Waals surface area (Å²) >= 11 is 0. The van der Waals surface area contributed by atoms with Crippen LogP contribution in [0.15, 0.2) is 42.7 Å². The van der Waals surface area contributed by atoms with Crippen molar-refractivity contribution >= 4 is 11.6 Å². The van der Waals surface area contributed by atoms with Crippen molar-refractivity contribution in [2.75, 3.05) is 37.7 Å². The van der Waals surface area contributed by atoms with Gasteiger partial charge in [0.15, 0.2) is 19.0 Å². The fourth-order valence-electron chi connectivity index (χ4n) is 3.68. The number of benzene rings is 1. The normalized spacial score (nSPS) is 16.6. The molecule has 0 radical (unpaired) electrons. The molecule has 1 aromatic heterocycles. The van der Waals surface area contributed by atoms with Crippen LogP contribution in [0.4, 0.5) is 5.69 Å². The predicted molar refractivity (Wildman–Crippen MR) is 95.8 cm³/mol. The van der Waals surface area contributed by atoms with Crippen LogP contribution in [0.5, 0.6) is 5.75 Å². The molecule has 4 rings (SSSR count). The molecule has 2 heterocycles. The van der Waals surface area contributed by atoms with Gasteiger partial charge in [0.25, 0.3) is 5.91 Å². The number of pyridine rings is 1. The summed E-state index contributed by atoms with van der Waals surface area (Å²) in [6, 6.07) is 10.4. The molecule has 0 unspecified atom stereocenters. The Morgan fingerprint density at radius 1 is 1.00 bits per heavy atom. The van der Waals surface area contributed by atoms with E-state index in [0.717, 1.165) is 44.8 Å². The van der Waals surface area contributed by atoms with E-state index in [1.54, 1.807) is 0 Å². The number of aromatic amines is 1. The number of carbonyl (C=O) groups excluding carboxylic acids is 1. The van der Waals surface area contributed by atoms with Gasteiger partial charge in [0.2, 0.25) is 0 Å². The van der Waals surface area contributed by atoms with E-state index < -0.39 is 0 Å². The van der Waals surface area contributed by atoms with Gasteiger partial charge in [-0.25, -0.2) is 4.98 Å². The van der Waals surface area contributed by atoms with Crippen LogP contribution >= 0.6 is 0 Å². The molecule has 130 valence electrons. The Morgan fingerprint density at radius 2 is 1.76 bits per heavy atom. The zero-order valence-electron chi connectivity index (χ0n) is 14.4. The summed E-state index contributed by atoms with van der Waals surface area (Å²) < 4.78 is 5.75. The Morgan fingerprint density at radius 3 is 2.56 bits per heavy atom. The summed E-state index contributed by atoms with van der Waals surface area (Å²) in [5, 5.41) is 0. The molecule has 0 bridgehead atoms. The van der Waals surface area contributed by atoms with Crippen LogP contribution in [-0.4, -0.2) is 43.6 Å². The molecular formula is C20H24N3O2+. The molecule has 1 saturated heterocycles. The molecule has 0 atom stereocenters. The smallest absolute Gasteiger partial charge is 0.260 e. The molecule has 5 nitrogen and oxygen atoms in total. The summed E-state index contributed by atoms with van der Waals surface area (Å²) in [6.45, 7) is 3.32. The van der Waals surface area contributed by atoms with Crippen molar-refractivity contribution in [1.82, 2.24) is 4.90 Å². The van der Waals surface area contributed by atoms with Crippen LogP contribution in [0, 0.1) is 0 Å². The fraction of sp³-hybridized carbons (Fsp3) is 0.400. The molecule has 5 heteroatoms. The highest BCUT2D eigenvalue weighted by atomic mass is 16.5. The Balaban J connectivity index is 1.28. The number of piperazine rings is 1. The number of nitrogens with zero attached hydrogens (tertiary/aromatic N) is 2. The van der Waals surface area contributed by atoms with E-state index in [0.29, 0.717) is 0 Å². The van der Waals surface area contributed by atoms with Crippen LogP contribution in [0.2, 0.25) is 0 Å². The van der Waals surface area contributed by atoms with Crippen LogP contribution in [0.3, 0.4) is 0 Å². The lowest BCUT2D eigenvalue weighted by Crippen LogP contribution is -2.50. The maximum Gasteiger partial charge on any atom is 0.260 e. The monoisotopic (exact) mass is 338 g/mol. The van der Waals surface area contributed by atoms with Gasteiger partial charge in [-0.2, -0.15) is 0 Å². The average Bonchev–Trinajstić information content (AvgIpc) is 3.15. The molecular weight excluding hydrogens is 314 g/mol. The minimum atomic E-state index is 0.0709. The number of aromatic nitrogens is 1. The molecule has 2 aliphatic rings. The summed E-state index contributed by atoms with van der Waals surface area (Å²) in [4.78, 5) is 19.7. The number of nitrogens with one attached hydrogen (secondary N) is 1. The molecule has 1 N–H and O–H groups in total. The van der Waals surface area contributed by atoms with Crippen molar-refractivity contribution in [3.63, 3.8) is 0 Å². The fourth-order valence-corrected chi connectivity index (χ4v) is 3.68. The molecule has 0 spiro atoms. The SMILES string of the molecule is O=C(COc1ccc2c(c1)CCC2)N1CCN(c2cc[nH+]cc2)CC1. The number of anilines is 1. The molecule has 0 saturated carbocycles. The molecule has 1 aromatic carbocycles. The number of carbonyl (C=O) groups is 1. The van der Waals surface area contributed by atoms with Gasteiger partial charge in [-0.3, -0.25) is 4.79 Å². The lowest BCUT2D eigenvalue weighted by Gasteiger charge is -2.35. The first-order chi connectivity index (χ1) is 12.3. The topological polar surface area (TPSA) is 46.9 Å². The predicted octanol–water partition coefficient (Wildman–Crippen LogP) is 1.72. The van der Waals surface area contributed by atoms with Crippen molar-refractivity contribution in [1.29, 1.82) is 0 Å². The van der Waals surface area contributed by atoms with Gasteiger partial charge in [-0.15, -0.1) is 0 Å². The highest BCUT2D eigenvalue weighted by molar-refractivity contribution is 5.78. The Hall–Kier alpha value is -2.56. The summed E-state index contributed by atoms with van der Waals surface area (Å²) in [5.41, 5.74) is 3.99. The largest absolute Gasteiger partial charge is 0.484 e. The van der Waals surface area contributed by atoms with E-state index in [1.165, 1.54) is 23.2 Å². The quantitative estimate of drug-likeness (QED) is 0.853. The summed E-state index contributed by atoms with van der Waals surface area (Å²) in [7, 11) is 0. The van der Waals surface area contributed by atoms with Gasteiger partial charge in [0.05, 0.1) is 0 Å². The molecule has 25 heavy (non-hydrogen) atoms. The van der Waals surface area contributed by atoms with E-state index in [9.17, 15) is 4.79 Å². The van der Waals surface area contributed by atoms with E-state index in [1.807, 2.05) is 23.4 Å². The van der Waals surface area contributed by atoms with Crippen LogP contribution < -0.4 is 14.6 Å². The standard InChI is InChI=1S/C20H23N3O2/c24-20(15-25-19-5-4-16-2-1-3-17(16)14-19)23-12-10-22(11-13-23)18-6-8-21-9-7-18/h4-9,14H,1-3,10-13,15H2/p+1. The first kappa shape index (κ1) is 15.9. The van der Waals surface area contributed by atoms with Gasteiger partial charge in [-0.05, 0) is 42.5 Å². The first-order valence-electron chi connectivity index (χ1n) is 9.03. The van der Waals surface area contributed by atoms with Crippen LogP contribution in [-0.2, 0) is 17.6 Å². The van der Waals surface area contributed by atoms with Crippen LogP contribution in [0.1, 0.15) is 17.5 Å². The molecule has 1 aliphatic heterocycles. The zero-order valence-corrected chi connectivity index (χ0v) is 14.4. The second-order valence-electron chi connectivity index (χ2n) is 6.70. The van der Waals surface area contributed by atoms with Crippen molar-refractivity contribution in [2.24, 2.45) is 0 Å². The second kappa shape index (κ2) is 7.13. The number of aryl methyl sites for hydroxylation is 2. The van der Waals surface area contributed by atoms with Crippen molar-refractivity contribution < 1.29 is 14.5 Å². The highest BCUT2D eigenvalue weighted by Gasteiger charge is 2.22. The molecule has 2 aromatic rings. The van der Waals surface area contributed by atoms with Crippen LogP contribution in [0.25, 0.3) is 0 Å². The van der Waals surface area contributed by atoms with E-state index in [-0.39, 0.29) is 12.5 Å². The second-order valence-corrected chi connectivity index (χ2v) is 6.70. The van der Waals surface area contributed by atoms with Crippen molar-refractivity contribution in [3.8, 4) is 5.75 Å². The van der Waals surface area contributed by atoms with Gasteiger partial charge < -0.3 is 14.5 Å². The first-order valence-corrected chi connectivity index (χ1v) is 9.03. The summed E-state index contributed by atoms with van der Waals surface area (Å²) in [6.07, 6.45) is 7.37. The maximum absolute atomic E-state index is 12.4. The minimum Gasteiger partial charge on any atom is -0.484 e. The molecule has 1 aliphatic carbocycles. The van der Waals surface area contributed by atoms with Crippen molar-refractivity contribution in [2.45, 2.75) is 19.3 Å². The molecule has 1 amide bonds. The Kier molecular flexibility index (Phi) is 4.55. The Bertz CT molecular complexity index is 740. The van der Waals surface area contributed by atoms with Crippen molar-refractivity contribution in [3.05, 3.63) is 53.9 Å². The van der Waals surface area contributed by atoms with E-state index in [2.05, 4.69) is 34.1 Å². The number of hydrogen-bond donors (Lipinski definition) is 0. The average molecular weight is 338 g/mol. The highest BCUT2D eigenvalue weighted by Crippen LogP contribution is 2.26. The number of ether oxygens (including phenoxy) is 1. The minimum absolute atomic E-state index is 0.0709. The molecule has 1 fully saturated rings. The van der Waals surface area contributed by atoms with Gasteiger partial charge >= 0.3 is 0 Å². The number of rotatable bonds is 4. The maximum atomic E-state index is 12.4. The zero-order chi connectivity index (χ0) is 17.1. The van der Waals surface area contributed by atoms with Gasteiger partial charge in [0.1, 0.15) is 5.75 Å². The number of fused-ring (bicyclic) bond motifs is 1. The third-order valence-corrected chi connectivity index (χ3v) is 5.13. The number of H-pyrrole nitrogens is 1. The van der Waals surface area contributed by atoms with Gasteiger partial charge in [0, 0.05) is 44.0 Å². The third kappa shape index (κ3) is 3.60.